The summed E-state index contributed by atoms with van der Waals surface area (Å²) in [5.41, 5.74) is 1.60. The number of anilines is 1. The lowest BCUT2D eigenvalue weighted by Gasteiger charge is -2.27. The lowest BCUT2D eigenvalue weighted by atomic mass is 10.1. The third-order valence-corrected chi connectivity index (χ3v) is 3.73. The van der Waals surface area contributed by atoms with Gasteiger partial charge in [0.1, 0.15) is 5.82 Å². The largest absolute Gasteiger partial charge is 0.392 e. The van der Waals surface area contributed by atoms with Crippen molar-refractivity contribution in [1.82, 2.24) is 4.90 Å². The number of hydrogen-bond acceptors (Lipinski definition) is 3. The van der Waals surface area contributed by atoms with Gasteiger partial charge in [-0.15, -0.1) is 0 Å². The number of benzene rings is 1. The summed E-state index contributed by atoms with van der Waals surface area (Å²) in [4.78, 5) is 4.60. The molecule has 0 amide bonds. The first-order valence-electron chi connectivity index (χ1n) is 7.52. The van der Waals surface area contributed by atoms with E-state index in [1.807, 2.05) is 0 Å². The van der Waals surface area contributed by atoms with Crippen LogP contribution in [0, 0.1) is 5.82 Å². The van der Waals surface area contributed by atoms with Crippen LogP contribution in [0.1, 0.15) is 32.8 Å². The van der Waals surface area contributed by atoms with Gasteiger partial charge in [-0.25, -0.2) is 4.39 Å². The van der Waals surface area contributed by atoms with Gasteiger partial charge >= 0.3 is 0 Å². The van der Waals surface area contributed by atoms with Crippen molar-refractivity contribution in [1.29, 1.82) is 0 Å². The zero-order valence-electron chi connectivity index (χ0n) is 12.9. The van der Waals surface area contributed by atoms with E-state index in [0.717, 1.165) is 44.8 Å². The monoisotopic (exact) mass is 282 g/mol. The SMILES string of the molecule is CCN(CC)CCCN(CC)c1ccc(F)cc1CO. The molecule has 3 nitrogen and oxygen atoms in total. The number of rotatable bonds is 9. The van der Waals surface area contributed by atoms with Gasteiger partial charge in [0.05, 0.1) is 6.61 Å². The molecule has 1 aromatic rings. The molecule has 4 heteroatoms. The lowest BCUT2D eigenvalue weighted by molar-refractivity contribution is 0.281. The van der Waals surface area contributed by atoms with Crippen LogP contribution in [0.25, 0.3) is 0 Å². The molecule has 1 aromatic carbocycles. The Morgan fingerprint density at radius 2 is 1.75 bits per heavy atom. The number of nitrogens with zero attached hydrogens (tertiary/aromatic N) is 2. The molecule has 0 aliphatic rings. The van der Waals surface area contributed by atoms with Gasteiger partial charge in [0.25, 0.3) is 0 Å². The van der Waals surface area contributed by atoms with Crippen molar-refractivity contribution in [3.63, 3.8) is 0 Å². The first-order valence-corrected chi connectivity index (χ1v) is 7.52. The zero-order chi connectivity index (χ0) is 15.0. The highest BCUT2D eigenvalue weighted by Gasteiger charge is 2.10. The molecule has 20 heavy (non-hydrogen) atoms. The molecule has 0 unspecified atom stereocenters. The van der Waals surface area contributed by atoms with Crippen molar-refractivity contribution >= 4 is 5.69 Å². The minimum Gasteiger partial charge on any atom is -0.392 e. The van der Waals surface area contributed by atoms with E-state index in [9.17, 15) is 9.50 Å². The molecule has 0 aromatic heterocycles. The van der Waals surface area contributed by atoms with Crippen LogP contribution in [0.5, 0.6) is 0 Å². The molecular weight excluding hydrogens is 255 g/mol. The van der Waals surface area contributed by atoms with E-state index >= 15 is 0 Å². The van der Waals surface area contributed by atoms with Crippen LogP contribution in [0.2, 0.25) is 0 Å². The zero-order valence-corrected chi connectivity index (χ0v) is 12.9. The molecule has 0 fully saturated rings. The fourth-order valence-electron chi connectivity index (χ4n) is 2.46. The van der Waals surface area contributed by atoms with Crippen molar-refractivity contribution in [2.45, 2.75) is 33.8 Å². The molecule has 0 saturated heterocycles. The van der Waals surface area contributed by atoms with Crippen molar-refractivity contribution < 1.29 is 9.50 Å². The second-order valence-corrected chi connectivity index (χ2v) is 4.89. The Bertz CT molecular complexity index is 394. The molecule has 1 rings (SSSR count). The van der Waals surface area contributed by atoms with Crippen molar-refractivity contribution in [2.75, 3.05) is 37.6 Å². The third kappa shape index (κ3) is 4.76. The van der Waals surface area contributed by atoms with Gasteiger partial charge in [-0.2, -0.15) is 0 Å². The molecule has 0 aliphatic heterocycles. The van der Waals surface area contributed by atoms with Gasteiger partial charge in [-0.05, 0) is 51.2 Å². The Labute approximate surface area is 122 Å². The normalized spacial score (nSPS) is 11.1. The van der Waals surface area contributed by atoms with E-state index < -0.39 is 0 Å². The molecule has 114 valence electrons. The van der Waals surface area contributed by atoms with Crippen LogP contribution in [-0.4, -0.2) is 42.7 Å². The number of aliphatic hydroxyl groups is 1. The Kier molecular flexibility index (Phi) is 7.55. The van der Waals surface area contributed by atoms with E-state index in [1.165, 1.54) is 12.1 Å². The molecular formula is C16H27FN2O. The van der Waals surface area contributed by atoms with Crippen LogP contribution in [-0.2, 0) is 6.61 Å². The van der Waals surface area contributed by atoms with Crippen molar-refractivity contribution in [3.05, 3.63) is 29.6 Å². The van der Waals surface area contributed by atoms with Crippen LogP contribution in [0.15, 0.2) is 18.2 Å². The molecule has 0 atom stereocenters. The van der Waals surface area contributed by atoms with Gasteiger partial charge in [-0.1, -0.05) is 13.8 Å². The Balaban J connectivity index is 2.66. The Hall–Kier alpha value is -1.13. The van der Waals surface area contributed by atoms with Gasteiger partial charge in [0, 0.05) is 24.3 Å². The Morgan fingerprint density at radius 3 is 2.30 bits per heavy atom. The average Bonchev–Trinajstić information content (AvgIpc) is 2.48. The second-order valence-electron chi connectivity index (χ2n) is 4.89. The summed E-state index contributed by atoms with van der Waals surface area (Å²) >= 11 is 0. The fourth-order valence-corrected chi connectivity index (χ4v) is 2.46. The molecule has 0 bridgehead atoms. The number of aliphatic hydroxyl groups excluding tert-OH is 1. The molecule has 0 spiro atoms. The van der Waals surface area contributed by atoms with E-state index in [-0.39, 0.29) is 12.4 Å². The smallest absolute Gasteiger partial charge is 0.123 e. The number of halogens is 1. The quantitative estimate of drug-likeness (QED) is 0.754. The summed E-state index contributed by atoms with van der Waals surface area (Å²) in [6.45, 7) is 11.3. The van der Waals surface area contributed by atoms with Crippen LogP contribution in [0.3, 0.4) is 0 Å². The highest BCUT2D eigenvalue weighted by molar-refractivity contribution is 5.53. The van der Waals surface area contributed by atoms with Crippen LogP contribution >= 0.6 is 0 Å². The lowest BCUT2D eigenvalue weighted by Crippen LogP contribution is -2.30. The second kappa shape index (κ2) is 8.93. The maximum Gasteiger partial charge on any atom is 0.123 e. The van der Waals surface area contributed by atoms with E-state index in [4.69, 9.17) is 0 Å². The average molecular weight is 282 g/mol. The molecule has 0 saturated carbocycles. The summed E-state index contributed by atoms with van der Waals surface area (Å²) in [6, 6.07) is 4.64. The number of hydrogen-bond donors (Lipinski definition) is 1. The first kappa shape index (κ1) is 16.9. The molecule has 1 N–H and O–H groups in total. The summed E-state index contributed by atoms with van der Waals surface area (Å²) in [7, 11) is 0. The fraction of sp³-hybridized carbons (Fsp3) is 0.625. The summed E-state index contributed by atoms with van der Waals surface area (Å²) in [5, 5.41) is 9.38. The van der Waals surface area contributed by atoms with E-state index in [0.29, 0.717) is 5.56 Å². The minimum absolute atomic E-state index is 0.125. The highest BCUT2D eigenvalue weighted by Crippen LogP contribution is 2.22. The first-order chi connectivity index (χ1) is 9.65. The van der Waals surface area contributed by atoms with Crippen LogP contribution < -0.4 is 4.90 Å². The van der Waals surface area contributed by atoms with Gasteiger partial charge < -0.3 is 14.9 Å². The minimum atomic E-state index is -0.294. The molecule has 0 radical (unpaired) electrons. The van der Waals surface area contributed by atoms with Crippen LogP contribution in [0.4, 0.5) is 10.1 Å². The van der Waals surface area contributed by atoms with Gasteiger partial charge in [-0.3, -0.25) is 0 Å². The summed E-state index contributed by atoms with van der Waals surface area (Å²) in [6.07, 6.45) is 1.07. The standard InChI is InChI=1S/C16H27FN2O/c1-4-18(5-2)10-7-11-19(6-3)16-9-8-15(17)12-14(16)13-20/h8-9,12,20H,4-7,10-11,13H2,1-3H3. The maximum absolute atomic E-state index is 13.2. The van der Waals surface area contributed by atoms with Crippen molar-refractivity contribution in [2.24, 2.45) is 0 Å². The maximum atomic E-state index is 13.2. The van der Waals surface area contributed by atoms with Crippen molar-refractivity contribution in [3.8, 4) is 0 Å². The van der Waals surface area contributed by atoms with E-state index in [1.54, 1.807) is 6.07 Å². The third-order valence-electron chi connectivity index (χ3n) is 3.73. The summed E-state index contributed by atoms with van der Waals surface area (Å²) in [5.74, 6) is -0.294. The van der Waals surface area contributed by atoms with Gasteiger partial charge in [0.2, 0.25) is 0 Å². The topological polar surface area (TPSA) is 26.7 Å². The van der Waals surface area contributed by atoms with Gasteiger partial charge in [0.15, 0.2) is 0 Å². The predicted octanol–water partition coefficient (Wildman–Crippen LogP) is 2.88. The highest BCUT2D eigenvalue weighted by atomic mass is 19.1. The predicted molar refractivity (Wildman–Crippen MR) is 82.6 cm³/mol. The molecule has 0 aliphatic carbocycles. The molecule has 0 heterocycles. The van der Waals surface area contributed by atoms with E-state index in [2.05, 4.69) is 30.6 Å². The summed E-state index contributed by atoms with van der Waals surface area (Å²) < 4.78 is 13.2. The Morgan fingerprint density at radius 1 is 1.05 bits per heavy atom.